The molecule has 4 nitrogen and oxygen atoms in total. The van der Waals surface area contributed by atoms with Crippen LogP contribution in [0.3, 0.4) is 0 Å². The van der Waals surface area contributed by atoms with Gasteiger partial charge in [0.1, 0.15) is 16.5 Å². The SMILES string of the molecule is C=CCOC1CCN(c2nc(C)nc3scc(CC(C)C)c23)C1. The van der Waals surface area contributed by atoms with Crippen LogP contribution in [0, 0.1) is 12.8 Å². The Balaban J connectivity index is 1.93. The number of thiophene rings is 1. The highest BCUT2D eigenvalue weighted by Crippen LogP contribution is 2.35. The van der Waals surface area contributed by atoms with Crippen molar-refractivity contribution in [3.05, 3.63) is 29.4 Å². The Morgan fingerprint density at radius 3 is 3.04 bits per heavy atom. The lowest BCUT2D eigenvalue weighted by Gasteiger charge is -2.20. The molecule has 1 aliphatic heterocycles. The van der Waals surface area contributed by atoms with Crippen LogP contribution in [-0.4, -0.2) is 35.8 Å². The molecule has 1 atom stereocenters. The maximum absolute atomic E-state index is 5.82. The summed E-state index contributed by atoms with van der Waals surface area (Å²) in [6.07, 6.45) is 4.20. The number of nitrogens with zero attached hydrogens (tertiary/aromatic N) is 3. The lowest BCUT2D eigenvalue weighted by Crippen LogP contribution is -2.24. The summed E-state index contributed by atoms with van der Waals surface area (Å²) in [4.78, 5) is 12.9. The van der Waals surface area contributed by atoms with E-state index in [1.54, 1.807) is 11.3 Å². The standard InChI is InChI=1S/C18H25N3OS/c1-5-8-22-15-6-7-21(10-15)17-16-14(9-12(2)3)11-23-18(16)20-13(4)19-17/h5,11-12,15H,1,6-10H2,2-4H3. The van der Waals surface area contributed by atoms with Gasteiger partial charge in [-0.1, -0.05) is 19.9 Å². The topological polar surface area (TPSA) is 38.2 Å². The number of hydrogen-bond donors (Lipinski definition) is 0. The average Bonchev–Trinajstić information content (AvgIpc) is 3.11. The van der Waals surface area contributed by atoms with Crippen LogP contribution in [0.25, 0.3) is 10.2 Å². The van der Waals surface area contributed by atoms with E-state index < -0.39 is 0 Å². The third kappa shape index (κ3) is 3.56. The summed E-state index contributed by atoms with van der Waals surface area (Å²) in [5, 5.41) is 3.50. The highest BCUT2D eigenvalue weighted by molar-refractivity contribution is 7.17. The van der Waals surface area contributed by atoms with Gasteiger partial charge in [0.15, 0.2) is 0 Å². The number of aryl methyl sites for hydroxylation is 1. The second-order valence-electron chi connectivity index (χ2n) is 6.61. The number of ether oxygens (including phenoxy) is 1. The van der Waals surface area contributed by atoms with Gasteiger partial charge in [0, 0.05) is 13.1 Å². The zero-order valence-electron chi connectivity index (χ0n) is 14.2. The molecule has 23 heavy (non-hydrogen) atoms. The molecule has 0 radical (unpaired) electrons. The third-order valence-corrected chi connectivity index (χ3v) is 5.05. The second kappa shape index (κ2) is 6.97. The molecular formula is C18H25N3OS. The summed E-state index contributed by atoms with van der Waals surface area (Å²) >= 11 is 1.74. The molecular weight excluding hydrogens is 306 g/mol. The van der Waals surface area contributed by atoms with Crippen LogP contribution in [0.4, 0.5) is 5.82 Å². The van der Waals surface area contributed by atoms with E-state index in [2.05, 4.69) is 35.7 Å². The first-order chi connectivity index (χ1) is 11.1. The Morgan fingerprint density at radius 2 is 2.30 bits per heavy atom. The molecule has 2 aromatic rings. The molecule has 0 N–H and O–H groups in total. The average molecular weight is 331 g/mol. The largest absolute Gasteiger partial charge is 0.372 e. The van der Waals surface area contributed by atoms with Crippen molar-refractivity contribution in [2.45, 2.75) is 39.7 Å². The number of fused-ring (bicyclic) bond motifs is 1. The molecule has 1 unspecified atom stereocenters. The van der Waals surface area contributed by atoms with E-state index in [1.165, 1.54) is 10.9 Å². The lowest BCUT2D eigenvalue weighted by molar-refractivity contribution is 0.0909. The Labute approximate surface area is 142 Å². The van der Waals surface area contributed by atoms with Crippen LogP contribution >= 0.6 is 11.3 Å². The van der Waals surface area contributed by atoms with Crippen molar-refractivity contribution in [2.75, 3.05) is 24.6 Å². The minimum atomic E-state index is 0.269. The Morgan fingerprint density at radius 1 is 1.48 bits per heavy atom. The molecule has 0 amide bonds. The highest BCUT2D eigenvalue weighted by atomic mass is 32.1. The summed E-state index contributed by atoms with van der Waals surface area (Å²) in [6.45, 7) is 12.7. The minimum absolute atomic E-state index is 0.269. The van der Waals surface area contributed by atoms with Crippen molar-refractivity contribution >= 4 is 27.4 Å². The Kier molecular flexibility index (Phi) is 4.97. The zero-order valence-corrected chi connectivity index (χ0v) is 15.0. The van der Waals surface area contributed by atoms with Gasteiger partial charge in [0.25, 0.3) is 0 Å². The molecule has 2 aromatic heterocycles. The fourth-order valence-corrected chi connectivity index (χ4v) is 4.16. The van der Waals surface area contributed by atoms with Crippen LogP contribution in [0.5, 0.6) is 0 Å². The summed E-state index contributed by atoms with van der Waals surface area (Å²) < 4.78 is 5.82. The van der Waals surface area contributed by atoms with Crippen LogP contribution in [-0.2, 0) is 11.2 Å². The van der Waals surface area contributed by atoms with E-state index in [0.717, 1.165) is 42.4 Å². The van der Waals surface area contributed by atoms with E-state index in [0.29, 0.717) is 12.5 Å². The lowest BCUT2D eigenvalue weighted by atomic mass is 10.0. The normalized spacial score (nSPS) is 18.3. The predicted octanol–water partition coefficient (Wildman–Crippen LogP) is 3.98. The van der Waals surface area contributed by atoms with Gasteiger partial charge in [-0.2, -0.15) is 0 Å². The van der Waals surface area contributed by atoms with Gasteiger partial charge < -0.3 is 9.64 Å². The summed E-state index contributed by atoms with van der Waals surface area (Å²) in [5.41, 5.74) is 1.38. The first-order valence-electron chi connectivity index (χ1n) is 8.30. The minimum Gasteiger partial charge on any atom is -0.372 e. The molecule has 0 aromatic carbocycles. The van der Waals surface area contributed by atoms with Gasteiger partial charge in [0.05, 0.1) is 18.1 Å². The molecule has 0 aliphatic carbocycles. The third-order valence-electron chi connectivity index (χ3n) is 4.12. The van der Waals surface area contributed by atoms with Crippen molar-refractivity contribution in [3.63, 3.8) is 0 Å². The van der Waals surface area contributed by atoms with Gasteiger partial charge in [-0.05, 0) is 36.6 Å². The molecule has 1 saturated heterocycles. The van der Waals surface area contributed by atoms with Gasteiger partial charge >= 0.3 is 0 Å². The molecule has 1 aliphatic rings. The van der Waals surface area contributed by atoms with E-state index in [-0.39, 0.29) is 6.10 Å². The summed E-state index contributed by atoms with van der Waals surface area (Å²) in [5.74, 6) is 2.57. The summed E-state index contributed by atoms with van der Waals surface area (Å²) in [6, 6.07) is 0. The summed E-state index contributed by atoms with van der Waals surface area (Å²) in [7, 11) is 0. The fourth-order valence-electron chi connectivity index (χ4n) is 3.16. The Hall–Kier alpha value is -1.46. The maximum atomic E-state index is 5.82. The van der Waals surface area contributed by atoms with Gasteiger partial charge in [-0.25, -0.2) is 9.97 Å². The first kappa shape index (κ1) is 16.4. The molecule has 0 saturated carbocycles. The maximum Gasteiger partial charge on any atom is 0.141 e. The molecule has 3 heterocycles. The molecule has 0 spiro atoms. The molecule has 0 bridgehead atoms. The number of hydrogen-bond acceptors (Lipinski definition) is 5. The van der Waals surface area contributed by atoms with Gasteiger partial charge in [-0.15, -0.1) is 17.9 Å². The number of anilines is 1. The first-order valence-corrected chi connectivity index (χ1v) is 9.18. The smallest absolute Gasteiger partial charge is 0.141 e. The molecule has 124 valence electrons. The van der Waals surface area contributed by atoms with Gasteiger partial charge in [0.2, 0.25) is 0 Å². The van der Waals surface area contributed by atoms with Crippen molar-refractivity contribution in [1.29, 1.82) is 0 Å². The molecule has 1 fully saturated rings. The second-order valence-corrected chi connectivity index (χ2v) is 7.47. The van der Waals surface area contributed by atoms with E-state index in [9.17, 15) is 0 Å². The van der Waals surface area contributed by atoms with Crippen molar-refractivity contribution in [1.82, 2.24) is 9.97 Å². The fraction of sp³-hybridized carbons (Fsp3) is 0.556. The van der Waals surface area contributed by atoms with Crippen LogP contribution in [0.15, 0.2) is 18.0 Å². The van der Waals surface area contributed by atoms with Crippen molar-refractivity contribution in [3.8, 4) is 0 Å². The predicted molar refractivity (Wildman–Crippen MR) is 97.5 cm³/mol. The van der Waals surface area contributed by atoms with E-state index in [1.807, 2.05) is 13.0 Å². The van der Waals surface area contributed by atoms with Gasteiger partial charge in [-0.3, -0.25) is 0 Å². The quantitative estimate of drug-likeness (QED) is 0.751. The van der Waals surface area contributed by atoms with Crippen LogP contribution in [0.2, 0.25) is 0 Å². The highest BCUT2D eigenvalue weighted by Gasteiger charge is 2.27. The number of rotatable bonds is 6. The number of aromatic nitrogens is 2. The van der Waals surface area contributed by atoms with E-state index in [4.69, 9.17) is 9.72 Å². The van der Waals surface area contributed by atoms with E-state index >= 15 is 0 Å². The molecule has 5 heteroatoms. The zero-order chi connectivity index (χ0) is 16.4. The van der Waals surface area contributed by atoms with Crippen molar-refractivity contribution in [2.24, 2.45) is 5.92 Å². The monoisotopic (exact) mass is 331 g/mol. The molecule has 3 rings (SSSR count). The Bertz CT molecular complexity index is 695. The van der Waals surface area contributed by atoms with Crippen molar-refractivity contribution < 1.29 is 4.74 Å². The van der Waals surface area contributed by atoms with Crippen LogP contribution < -0.4 is 4.90 Å². The van der Waals surface area contributed by atoms with Crippen LogP contribution in [0.1, 0.15) is 31.7 Å².